The number of thiophene rings is 1. The summed E-state index contributed by atoms with van der Waals surface area (Å²) in [6, 6.07) is 0.233. The highest BCUT2D eigenvalue weighted by Crippen LogP contribution is 2.42. The van der Waals surface area contributed by atoms with Gasteiger partial charge in [-0.25, -0.2) is 14.8 Å². The molecule has 7 nitrogen and oxygen atoms in total. The standard InChI is InChI=1S/C20H25N5O2S/c1-6-27-20(26)17-11(2)15-18(21-10-22-19(15)28-17)25-9-7-8-14(25)16-12(3)23-24(5)13(16)4/h10,14H,6-9H2,1-5H3. The van der Waals surface area contributed by atoms with Gasteiger partial charge in [0, 0.05) is 24.8 Å². The van der Waals surface area contributed by atoms with Crippen molar-refractivity contribution in [2.24, 2.45) is 7.05 Å². The molecule has 0 spiro atoms. The lowest BCUT2D eigenvalue weighted by molar-refractivity contribution is 0.0531. The van der Waals surface area contributed by atoms with Crippen LogP contribution < -0.4 is 4.90 Å². The first kappa shape index (κ1) is 18.9. The third kappa shape index (κ3) is 2.87. The average molecular weight is 400 g/mol. The maximum atomic E-state index is 12.4. The summed E-state index contributed by atoms with van der Waals surface area (Å²) in [5, 5.41) is 5.57. The molecule has 1 aliphatic rings. The van der Waals surface area contributed by atoms with Crippen molar-refractivity contribution >= 4 is 33.3 Å². The number of carbonyl (C=O) groups excluding carboxylic acids is 1. The van der Waals surface area contributed by atoms with Crippen LogP contribution in [0.3, 0.4) is 0 Å². The Hall–Kier alpha value is -2.48. The van der Waals surface area contributed by atoms with E-state index in [-0.39, 0.29) is 12.0 Å². The van der Waals surface area contributed by atoms with E-state index in [9.17, 15) is 4.79 Å². The summed E-state index contributed by atoms with van der Waals surface area (Å²) in [7, 11) is 1.99. The number of fused-ring (bicyclic) bond motifs is 1. The number of hydrogen-bond donors (Lipinski definition) is 0. The molecule has 1 atom stereocenters. The van der Waals surface area contributed by atoms with Crippen molar-refractivity contribution < 1.29 is 9.53 Å². The molecule has 28 heavy (non-hydrogen) atoms. The molecule has 4 heterocycles. The van der Waals surface area contributed by atoms with Crippen molar-refractivity contribution in [1.82, 2.24) is 19.7 Å². The number of anilines is 1. The van der Waals surface area contributed by atoms with Gasteiger partial charge in [0.15, 0.2) is 0 Å². The zero-order chi connectivity index (χ0) is 20.0. The largest absolute Gasteiger partial charge is 0.462 e. The van der Waals surface area contributed by atoms with E-state index < -0.39 is 0 Å². The minimum atomic E-state index is -0.286. The highest BCUT2D eigenvalue weighted by Gasteiger charge is 2.33. The predicted molar refractivity (Wildman–Crippen MR) is 110 cm³/mol. The van der Waals surface area contributed by atoms with E-state index in [1.54, 1.807) is 6.33 Å². The lowest BCUT2D eigenvalue weighted by Crippen LogP contribution is -2.24. The molecule has 1 unspecified atom stereocenters. The average Bonchev–Trinajstić information content (AvgIpc) is 3.33. The summed E-state index contributed by atoms with van der Waals surface area (Å²) in [6.45, 7) is 9.26. The lowest BCUT2D eigenvalue weighted by atomic mass is 10.0. The summed E-state index contributed by atoms with van der Waals surface area (Å²) in [6.07, 6.45) is 3.76. The Bertz CT molecular complexity index is 1050. The number of esters is 1. The first-order valence-electron chi connectivity index (χ1n) is 9.62. The van der Waals surface area contributed by atoms with E-state index in [2.05, 4.69) is 33.8 Å². The van der Waals surface area contributed by atoms with Crippen molar-refractivity contribution in [1.29, 1.82) is 0 Å². The SMILES string of the molecule is CCOC(=O)c1sc2ncnc(N3CCCC3c3c(C)nn(C)c3C)c2c1C. The number of nitrogens with zero attached hydrogens (tertiary/aromatic N) is 5. The van der Waals surface area contributed by atoms with Crippen molar-refractivity contribution in [2.45, 2.75) is 46.6 Å². The third-order valence-electron chi connectivity index (χ3n) is 5.59. The molecule has 1 saturated heterocycles. The third-order valence-corrected chi connectivity index (χ3v) is 6.77. The van der Waals surface area contributed by atoms with Crippen molar-refractivity contribution in [2.75, 3.05) is 18.1 Å². The van der Waals surface area contributed by atoms with Crippen LogP contribution in [0.4, 0.5) is 5.82 Å². The Morgan fingerprint density at radius 3 is 2.79 bits per heavy atom. The molecule has 1 aliphatic heterocycles. The molecular formula is C20H25N5O2S. The number of rotatable bonds is 4. The van der Waals surface area contributed by atoms with Gasteiger partial charge in [-0.2, -0.15) is 5.10 Å². The van der Waals surface area contributed by atoms with Gasteiger partial charge < -0.3 is 9.64 Å². The Morgan fingerprint density at radius 2 is 2.11 bits per heavy atom. The Kier molecular flexibility index (Phi) is 4.82. The van der Waals surface area contributed by atoms with Gasteiger partial charge in [0.05, 0.1) is 23.7 Å². The highest BCUT2D eigenvalue weighted by atomic mass is 32.1. The smallest absolute Gasteiger partial charge is 0.348 e. The van der Waals surface area contributed by atoms with Crippen LogP contribution in [0.5, 0.6) is 0 Å². The summed E-state index contributed by atoms with van der Waals surface area (Å²) < 4.78 is 7.18. The van der Waals surface area contributed by atoms with Crippen LogP contribution in [0.2, 0.25) is 0 Å². The first-order chi connectivity index (χ1) is 13.4. The fourth-order valence-electron chi connectivity index (χ4n) is 4.25. The normalized spacial score (nSPS) is 16.9. The molecule has 0 saturated carbocycles. The lowest BCUT2D eigenvalue weighted by Gasteiger charge is -2.27. The maximum absolute atomic E-state index is 12.4. The van der Waals surface area contributed by atoms with Crippen LogP contribution in [-0.4, -0.2) is 38.9 Å². The fraction of sp³-hybridized carbons (Fsp3) is 0.500. The minimum Gasteiger partial charge on any atom is -0.462 e. The summed E-state index contributed by atoms with van der Waals surface area (Å²) in [5.74, 6) is 0.616. The monoisotopic (exact) mass is 399 g/mol. The molecule has 1 fully saturated rings. The number of hydrogen-bond acceptors (Lipinski definition) is 7. The van der Waals surface area contributed by atoms with Gasteiger partial charge in [0.1, 0.15) is 21.9 Å². The van der Waals surface area contributed by atoms with E-state index in [4.69, 9.17) is 4.74 Å². The molecule has 0 bridgehead atoms. The zero-order valence-corrected chi connectivity index (χ0v) is 17.8. The second-order valence-corrected chi connectivity index (χ2v) is 8.21. The predicted octanol–water partition coefficient (Wildman–Crippen LogP) is 3.87. The molecule has 0 aliphatic carbocycles. The summed E-state index contributed by atoms with van der Waals surface area (Å²) in [5.41, 5.74) is 4.44. The van der Waals surface area contributed by atoms with Gasteiger partial charge in [-0.3, -0.25) is 4.68 Å². The van der Waals surface area contributed by atoms with Gasteiger partial charge in [-0.1, -0.05) is 0 Å². The quantitative estimate of drug-likeness (QED) is 0.620. The topological polar surface area (TPSA) is 73.1 Å². The minimum absolute atomic E-state index is 0.233. The first-order valence-corrected chi connectivity index (χ1v) is 10.4. The molecule has 0 N–H and O–H groups in total. The Balaban J connectivity index is 1.83. The molecule has 0 aromatic carbocycles. The Morgan fingerprint density at radius 1 is 1.32 bits per heavy atom. The number of carbonyl (C=O) groups is 1. The van der Waals surface area contributed by atoms with E-state index >= 15 is 0 Å². The molecule has 148 valence electrons. The molecule has 8 heteroatoms. The molecule has 4 rings (SSSR count). The maximum Gasteiger partial charge on any atom is 0.348 e. The van der Waals surface area contributed by atoms with Crippen LogP contribution in [0.25, 0.3) is 10.2 Å². The van der Waals surface area contributed by atoms with Gasteiger partial charge in [-0.05, 0) is 46.1 Å². The van der Waals surface area contributed by atoms with Crippen molar-refractivity contribution in [3.8, 4) is 0 Å². The zero-order valence-electron chi connectivity index (χ0n) is 16.9. The van der Waals surface area contributed by atoms with Gasteiger partial charge in [0.25, 0.3) is 0 Å². The van der Waals surface area contributed by atoms with E-state index in [0.29, 0.717) is 11.5 Å². The summed E-state index contributed by atoms with van der Waals surface area (Å²) in [4.78, 5) is 25.2. The number of ether oxygens (including phenoxy) is 1. The van der Waals surface area contributed by atoms with Crippen LogP contribution in [0, 0.1) is 20.8 Å². The van der Waals surface area contributed by atoms with Crippen molar-refractivity contribution in [3.63, 3.8) is 0 Å². The van der Waals surface area contributed by atoms with E-state index in [0.717, 1.165) is 46.7 Å². The second-order valence-electron chi connectivity index (χ2n) is 7.21. The molecule has 3 aromatic rings. The number of aryl methyl sites for hydroxylation is 3. The Labute approximate surface area is 168 Å². The summed E-state index contributed by atoms with van der Waals surface area (Å²) >= 11 is 1.38. The number of aromatic nitrogens is 4. The van der Waals surface area contributed by atoms with Gasteiger partial charge in [-0.15, -0.1) is 11.3 Å². The molecule has 0 radical (unpaired) electrons. The molecular weight excluding hydrogens is 374 g/mol. The van der Waals surface area contributed by atoms with Crippen LogP contribution in [-0.2, 0) is 11.8 Å². The highest BCUT2D eigenvalue weighted by molar-refractivity contribution is 7.20. The molecule has 0 amide bonds. The fourth-order valence-corrected chi connectivity index (χ4v) is 5.29. The van der Waals surface area contributed by atoms with Crippen molar-refractivity contribution in [3.05, 3.63) is 33.7 Å². The van der Waals surface area contributed by atoms with Crippen LogP contribution in [0.1, 0.15) is 58.0 Å². The van der Waals surface area contributed by atoms with Crippen LogP contribution >= 0.6 is 11.3 Å². The van der Waals surface area contributed by atoms with E-state index in [1.807, 2.05) is 25.6 Å². The second kappa shape index (κ2) is 7.16. The van der Waals surface area contributed by atoms with E-state index in [1.165, 1.54) is 22.6 Å². The van der Waals surface area contributed by atoms with Gasteiger partial charge >= 0.3 is 5.97 Å². The van der Waals surface area contributed by atoms with Gasteiger partial charge in [0.2, 0.25) is 0 Å². The molecule has 3 aromatic heterocycles. The van der Waals surface area contributed by atoms with Crippen LogP contribution in [0.15, 0.2) is 6.33 Å².